The van der Waals surface area contributed by atoms with Crippen molar-refractivity contribution in [3.63, 3.8) is 0 Å². The molecule has 2 amide bonds. The molecule has 3 atom stereocenters. The number of hydrogen-bond donors (Lipinski definition) is 3. The molecule has 2 aliphatic rings. The van der Waals surface area contributed by atoms with Gasteiger partial charge in [-0.25, -0.2) is 4.79 Å². The Bertz CT molecular complexity index is 817. The lowest BCUT2D eigenvalue weighted by Crippen LogP contribution is -2.61. The number of likely N-dealkylation sites (N-methyl/N-ethyl adjacent to an activating group) is 1. The van der Waals surface area contributed by atoms with Gasteiger partial charge >= 0.3 is 5.97 Å². The van der Waals surface area contributed by atoms with E-state index in [4.69, 9.17) is 5.73 Å². The molecule has 0 aromatic heterocycles. The van der Waals surface area contributed by atoms with E-state index in [0.717, 1.165) is 0 Å². The highest BCUT2D eigenvalue weighted by atomic mass is 16.4. The number of hydrogen-bond acceptors (Lipinski definition) is 5. The minimum absolute atomic E-state index is 0.0334. The number of carbonyl (C=O) groups excluding carboxylic acids is 2. The van der Waals surface area contributed by atoms with E-state index in [0.29, 0.717) is 23.2 Å². The molecular formula is C18H21N3O5. The summed E-state index contributed by atoms with van der Waals surface area (Å²) in [5, 5.41) is 19.4. The molecular weight excluding hydrogens is 338 g/mol. The van der Waals surface area contributed by atoms with E-state index >= 15 is 0 Å². The third-order valence-corrected chi connectivity index (χ3v) is 4.96. The molecule has 3 rings (SSSR count). The van der Waals surface area contributed by atoms with Crippen molar-refractivity contribution in [2.45, 2.75) is 25.5 Å². The molecule has 0 radical (unpaired) electrons. The Morgan fingerprint density at radius 3 is 2.69 bits per heavy atom. The summed E-state index contributed by atoms with van der Waals surface area (Å²) in [7, 11) is 1.71. The number of carboxylic acid groups (broad SMARTS) is 1. The highest BCUT2D eigenvalue weighted by molar-refractivity contribution is 6.06. The van der Waals surface area contributed by atoms with Gasteiger partial charge in [-0.15, -0.1) is 0 Å². The lowest BCUT2D eigenvalue weighted by molar-refractivity contribution is -0.161. The molecule has 2 aliphatic heterocycles. The molecule has 0 bridgehead atoms. The second-order valence-electron chi connectivity index (χ2n) is 6.75. The first-order valence-corrected chi connectivity index (χ1v) is 8.29. The van der Waals surface area contributed by atoms with Gasteiger partial charge in [0.2, 0.25) is 11.8 Å². The number of aliphatic hydroxyl groups excluding tert-OH is 1. The van der Waals surface area contributed by atoms with Gasteiger partial charge in [0.05, 0.1) is 24.6 Å². The molecule has 0 saturated carbocycles. The van der Waals surface area contributed by atoms with Gasteiger partial charge in [0.15, 0.2) is 0 Å². The van der Waals surface area contributed by atoms with Crippen molar-refractivity contribution in [3.8, 4) is 0 Å². The van der Waals surface area contributed by atoms with Crippen LogP contribution in [-0.4, -0.2) is 58.6 Å². The van der Waals surface area contributed by atoms with Gasteiger partial charge < -0.3 is 25.7 Å². The number of nitrogens with zero attached hydrogens (tertiary/aromatic N) is 2. The van der Waals surface area contributed by atoms with Crippen LogP contribution < -0.4 is 10.6 Å². The normalized spacial score (nSPS) is 22.7. The van der Waals surface area contributed by atoms with E-state index in [1.165, 1.54) is 11.8 Å². The summed E-state index contributed by atoms with van der Waals surface area (Å²) in [5.74, 6) is -2.59. The van der Waals surface area contributed by atoms with Crippen molar-refractivity contribution in [2.24, 2.45) is 11.7 Å². The number of aliphatic carboxylic acids is 1. The molecule has 0 spiro atoms. The standard InChI is InChI=1S/C18H21N3O5/c1-9(22)15-13-7-12(16(18(25)26)21(13)17(15)24)10-4-3-5-11(6-10)20(2)8-14(19)23/h3-6,9,13,15,22H,7-8H2,1-2H3,(H2,19,23)(H,25,26)/t9-,13-,15-/m1/s1. The Kier molecular flexibility index (Phi) is 4.45. The molecule has 1 aromatic rings. The summed E-state index contributed by atoms with van der Waals surface area (Å²) >= 11 is 0. The van der Waals surface area contributed by atoms with Gasteiger partial charge in [-0.1, -0.05) is 12.1 Å². The second kappa shape index (κ2) is 6.45. The number of aliphatic hydroxyl groups is 1. The first kappa shape index (κ1) is 17.9. The Balaban J connectivity index is 1.97. The number of rotatable bonds is 6. The van der Waals surface area contributed by atoms with Crippen LogP contribution in [0.15, 0.2) is 30.0 Å². The number of benzene rings is 1. The van der Waals surface area contributed by atoms with Crippen LogP contribution in [0.2, 0.25) is 0 Å². The average molecular weight is 359 g/mol. The molecule has 138 valence electrons. The molecule has 2 heterocycles. The van der Waals surface area contributed by atoms with Crippen LogP contribution >= 0.6 is 0 Å². The molecule has 0 aliphatic carbocycles. The highest BCUT2D eigenvalue weighted by Crippen LogP contribution is 2.47. The van der Waals surface area contributed by atoms with Crippen molar-refractivity contribution in [1.82, 2.24) is 4.90 Å². The quantitative estimate of drug-likeness (QED) is 0.615. The van der Waals surface area contributed by atoms with Crippen molar-refractivity contribution in [3.05, 3.63) is 35.5 Å². The van der Waals surface area contributed by atoms with E-state index < -0.39 is 23.9 Å². The lowest BCUT2D eigenvalue weighted by atomic mass is 9.82. The molecule has 1 saturated heterocycles. The molecule has 8 nitrogen and oxygen atoms in total. The van der Waals surface area contributed by atoms with Crippen LogP contribution in [0.1, 0.15) is 18.9 Å². The smallest absolute Gasteiger partial charge is 0.352 e. The van der Waals surface area contributed by atoms with Crippen molar-refractivity contribution >= 4 is 29.0 Å². The lowest BCUT2D eigenvalue weighted by Gasteiger charge is -2.44. The van der Waals surface area contributed by atoms with Gasteiger partial charge in [-0.2, -0.15) is 0 Å². The first-order valence-electron chi connectivity index (χ1n) is 8.29. The summed E-state index contributed by atoms with van der Waals surface area (Å²) in [6, 6.07) is 6.76. The summed E-state index contributed by atoms with van der Waals surface area (Å²) in [6.07, 6.45) is -0.461. The minimum atomic E-state index is -1.17. The fourth-order valence-electron chi connectivity index (χ4n) is 3.78. The fourth-order valence-corrected chi connectivity index (χ4v) is 3.78. The zero-order valence-corrected chi connectivity index (χ0v) is 14.5. The predicted molar refractivity (Wildman–Crippen MR) is 93.9 cm³/mol. The van der Waals surface area contributed by atoms with Crippen LogP contribution in [0.5, 0.6) is 0 Å². The number of carbonyl (C=O) groups is 3. The Labute approximate surface area is 150 Å². The number of primary amides is 1. The molecule has 8 heteroatoms. The third kappa shape index (κ3) is 2.82. The molecule has 4 N–H and O–H groups in total. The summed E-state index contributed by atoms with van der Waals surface area (Å²) in [5.41, 5.74) is 7.12. The van der Waals surface area contributed by atoms with Gasteiger partial charge in [0.25, 0.3) is 0 Å². The number of anilines is 1. The first-order chi connectivity index (χ1) is 12.2. The minimum Gasteiger partial charge on any atom is -0.477 e. The van der Waals surface area contributed by atoms with Crippen molar-refractivity contribution in [2.75, 3.05) is 18.5 Å². The van der Waals surface area contributed by atoms with Gasteiger partial charge in [-0.3, -0.25) is 9.59 Å². The number of β-lactam (4-membered cyclic amide) rings is 1. The third-order valence-electron chi connectivity index (χ3n) is 4.96. The summed E-state index contributed by atoms with van der Waals surface area (Å²) in [6.45, 7) is 1.57. The van der Waals surface area contributed by atoms with E-state index in [-0.39, 0.29) is 24.2 Å². The number of carboxylic acids is 1. The van der Waals surface area contributed by atoms with Gasteiger partial charge in [0, 0.05) is 12.7 Å². The summed E-state index contributed by atoms with van der Waals surface area (Å²) in [4.78, 5) is 38.1. The van der Waals surface area contributed by atoms with E-state index in [1.807, 2.05) is 0 Å². The molecule has 1 fully saturated rings. The Hall–Kier alpha value is -2.87. The summed E-state index contributed by atoms with van der Waals surface area (Å²) < 4.78 is 0. The fraction of sp³-hybridized carbons (Fsp3) is 0.389. The van der Waals surface area contributed by atoms with Crippen LogP contribution in [0.4, 0.5) is 5.69 Å². The number of fused-ring (bicyclic) bond motifs is 1. The monoisotopic (exact) mass is 359 g/mol. The zero-order valence-electron chi connectivity index (χ0n) is 14.5. The van der Waals surface area contributed by atoms with Gasteiger partial charge in [0.1, 0.15) is 5.70 Å². The number of amides is 2. The van der Waals surface area contributed by atoms with E-state index in [9.17, 15) is 24.6 Å². The van der Waals surface area contributed by atoms with Crippen LogP contribution in [-0.2, 0) is 14.4 Å². The topological polar surface area (TPSA) is 124 Å². The molecule has 0 unspecified atom stereocenters. The SMILES string of the molecule is C[C@@H](O)[C@H]1C(=O)N2C(C(=O)O)=C(c3cccc(N(C)CC(N)=O)c3)C[C@H]12. The largest absolute Gasteiger partial charge is 0.477 e. The highest BCUT2D eigenvalue weighted by Gasteiger charge is 2.56. The Morgan fingerprint density at radius 2 is 2.12 bits per heavy atom. The maximum Gasteiger partial charge on any atom is 0.352 e. The maximum atomic E-state index is 12.3. The zero-order chi connectivity index (χ0) is 19.2. The molecule has 26 heavy (non-hydrogen) atoms. The predicted octanol–water partition coefficient (Wildman–Crippen LogP) is 0.0153. The van der Waals surface area contributed by atoms with E-state index in [2.05, 4.69) is 0 Å². The van der Waals surface area contributed by atoms with Gasteiger partial charge in [-0.05, 0) is 36.6 Å². The van der Waals surface area contributed by atoms with Crippen LogP contribution in [0.3, 0.4) is 0 Å². The van der Waals surface area contributed by atoms with Crippen molar-refractivity contribution < 1.29 is 24.6 Å². The van der Waals surface area contributed by atoms with Crippen LogP contribution in [0, 0.1) is 5.92 Å². The van der Waals surface area contributed by atoms with Crippen molar-refractivity contribution in [1.29, 1.82) is 0 Å². The van der Waals surface area contributed by atoms with Crippen LogP contribution in [0.25, 0.3) is 5.57 Å². The molecule has 1 aromatic carbocycles. The van der Waals surface area contributed by atoms with E-state index in [1.54, 1.807) is 36.2 Å². The Morgan fingerprint density at radius 1 is 1.42 bits per heavy atom. The number of nitrogens with two attached hydrogens (primary N) is 1. The maximum absolute atomic E-state index is 12.3. The second-order valence-corrected chi connectivity index (χ2v) is 6.75. The average Bonchev–Trinajstić information content (AvgIpc) is 2.89.